The fourth-order valence-corrected chi connectivity index (χ4v) is 2.75. The summed E-state index contributed by atoms with van der Waals surface area (Å²) >= 11 is 5.91. The van der Waals surface area contributed by atoms with Crippen LogP contribution in [0, 0.1) is 0 Å². The van der Waals surface area contributed by atoms with E-state index >= 15 is 0 Å². The Balaban J connectivity index is 0.00000220. The number of halogens is 2. The number of nitrogens with zero attached hydrogens (tertiary/aromatic N) is 1. The molecule has 1 unspecified atom stereocenters. The van der Waals surface area contributed by atoms with Gasteiger partial charge in [-0.3, -0.25) is 9.69 Å². The first-order chi connectivity index (χ1) is 9.65. The quantitative estimate of drug-likeness (QED) is 0.891. The molecule has 2 N–H and O–H groups in total. The molecule has 0 bridgehead atoms. The summed E-state index contributed by atoms with van der Waals surface area (Å²) < 4.78 is 0. The van der Waals surface area contributed by atoms with Crippen LogP contribution in [0.2, 0.25) is 5.02 Å². The summed E-state index contributed by atoms with van der Waals surface area (Å²) in [6.45, 7) is 2.53. The van der Waals surface area contributed by atoms with Gasteiger partial charge in [-0.15, -0.1) is 12.4 Å². The van der Waals surface area contributed by atoms with Gasteiger partial charge in [0.05, 0.1) is 6.54 Å². The van der Waals surface area contributed by atoms with Gasteiger partial charge in [-0.1, -0.05) is 17.7 Å². The molecule has 1 aliphatic rings. The molecule has 4 nitrogen and oxygen atoms in total. The van der Waals surface area contributed by atoms with E-state index in [1.54, 1.807) is 12.1 Å². The standard InChI is InChI=1S/C15H22ClN3O.ClH/c1-19(14-6-3-8-17-9-7-14)11-15(20)18-13-5-2-4-12(16)10-13;/h2,4-5,10,14,17H,3,6-9,11H2,1H3,(H,18,20);1H. The molecule has 1 saturated heterocycles. The van der Waals surface area contributed by atoms with Crippen LogP contribution in [0.25, 0.3) is 0 Å². The van der Waals surface area contributed by atoms with E-state index in [1.165, 1.54) is 6.42 Å². The summed E-state index contributed by atoms with van der Waals surface area (Å²) in [4.78, 5) is 14.2. The molecule has 6 heteroatoms. The molecule has 0 aromatic heterocycles. The smallest absolute Gasteiger partial charge is 0.238 e. The van der Waals surface area contributed by atoms with Crippen molar-refractivity contribution in [2.24, 2.45) is 0 Å². The van der Waals surface area contributed by atoms with Crippen molar-refractivity contribution in [3.63, 3.8) is 0 Å². The summed E-state index contributed by atoms with van der Waals surface area (Å²) in [6, 6.07) is 7.71. The number of amides is 1. The molecule has 1 aromatic rings. The third kappa shape index (κ3) is 6.22. The molecule has 1 heterocycles. The van der Waals surface area contributed by atoms with Crippen LogP contribution < -0.4 is 10.6 Å². The molecule has 21 heavy (non-hydrogen) atoms. The normalized spacial score (nSPS) is 18.7. The molecular weight excluding hydrogens is 309 g/mol. The van der Waals surface area contributed by atoms with E-state index in [2.05, 4.69) is 15.5 Å². The molecule has 0 radical (unpaired) electrons. The molecule has 0 aliphatic carbocycles. The Labute approximate surface area is 137 Å². The van der Waals surface area contributed by atoms with E-state index in [4.69, 9.17) is 11.6 Å². The molecule has 0 saturated carbocycles. The van der Waals surface area contributed by atoms with Gasteiger partial charge in [-0.2, -0.15) is 0 Å². The van der Waals surface area contributed by atoms with Crippen molar-refractivity contribution in [1.29, 1.82) is 0 Å². The Bertz CT molecular complexity index is 448. The number of hydrogen-bond acceptors (Lipinski definition) is 3. The zero-order valence-electron chi connectivity index (χ0n) is 12.3. The maximum atomic E-state index is 12.1. The minimum Gasteiger partial charge on any atom is -0.325 e. The highest BCUT2D eigenvalue weighted by atomic mass is 35.5. The van der Waals surface area contributed by atoms with Crippen molar-refractivity contribution < 1.29 is 4.79 Å². The van der Waals surface area contributed by atoms with Crippen molar-refractivity contribution in [2.75, 3.05) is 32.0 Å². The average Bonchev–Trinajstić information content (AvgIpc) is 2.67. The molecule has 1 fully saturated rings. The van der Waals surface area contributed by atoms with Gasteiger partial charge in [0, 0.05) is 16.8 Å². The highest BCUT2D eigenvalue weighted by Crippen LogP contribution is 2.15. The fourth-order valence-electron chi connectivity index (χ4n) is 2.56. The monoisotopic (exact) mass is 331 g/mol. The Morgan fingerprint density at radius 2 is 2.24 bits per heavy atom. The number of carbonyl (C=O) groups excluding carboxylic acids is 1. The highest BCUT2D eigenvalue weighted by Gasteiger charge is 2.18. The van der Waals surface area contributed by atoms with Gasteiger partial charge < -0.3 is 10.6 Å². The maximum Gasteiger partial charge on any atom is 0.238 e. The van der Waals surface area contributed by atoms with E-state index in [9.17, 15) is 4.79 Å². The lowest BCUT2D eigenvalue weighted by Gasteiger charge is -2.26. The second-order valence-electron chi connectivity index (χ2n) is 5.31. The van der Waals surface area contributed by atoms with Crippen LogP contribution in [0.4, 0.5) is 5.69 Å². The number of likely N-dealkylation sites (N-methyl/N-ethyl adjacent to an activating group) is 1. The van der Waals surface area contributed by atoms with Crippen molar-refractivity contribution >= 4 is 35.6 Å². The predicted molar refractivity (Wildman–Crippen MR) is 90.5 cm³/mol. The number of hydrogen-bond donors (Lipinski definition) is 2. The maximum absolute atomic E-state index is 12.1. The molecule has 1 amide bonds. The predicted octanol–water partition coefficient (Wildman–Crippen LogP) is 2.77. The minimum absolute atomic E-state index is 0. The molecular formula is C15H23Cl2N3O. The number of rotatable bonds is 4. The second-order valence-corrected chi connectivity index (χ2v) is 5.74. The largest absolute Gasteiger partial charge is 0.325 e. The number of benzene rings is 1. The fraction of sp³-hybridized carbons (Fsp3) is 0.533. The van der Waals surface area contributed by atoms with Crippen LogP contribution in [0.3, 0.4) is 0 Å². The first-order valence-electron chi connectivity index (χ1n) is 7.11. The van der Waals surface area contributed by atoms with Crippen molar-refractivity contribution in [3.8, 4) is 0 Å². The van der Waals surface area contributed by atoms with Crippen LogP contribution in [0.1, 0.15) is 19.3 Å². The number of nitrogens with one attached hydrogen (secondary N) is 2. The summed E-state index contributed by atoms with van der Waals surface area (Å²) in [6.07, 6.45) is 3.42. The van der Waals surface area contributed by atoms with Crippen molar-refractivity contribution in [1.82, 2.24) is 10.2 Å². The van der Waals surface area contributed by atoms with E-state index < -0.39 is 0 Å². The number of carbonyl (C=O) groups is 1. The molecule has 1 aromatic carbocycles. The van der Waals surface area contributed by atoms with Gasteiger partial charge in [0.25, 0.3) is 0 Å². The van der Waals surface area contributed by atoms with Gasteiger partial charge in [0.2, 0.25) is 5.91 Å². The van der Waals surface area contributed by atoms with E-state index in [1.807, 2.05) is 19.2 Å². The zero-order chi connectivity index (χ0) is 14.4. The average molecular weight is 332 g/mol. The summed E-state index contributed by atoms with van der Waals surface area (Å²) in [5.74, 6) is 0.00646. The third-order valence-electron chi connectivity index (χ3n) is 3.67. The lowest BCUT2D eigenvalue weighted by atomic mass is 10.1. The van der Waals surface area contributed by atoms with Crippen LogP contribution in [0.5, 0.6) is 0 Å². The van der Waals surface area contributed by atoms with Crippen LogP contribution in [0.15, 0.2) is 24.3 Å². The van der Waals surface area contributed by atoms with Gasteiger partial charge in [0.15, 0.2) is 0 Å². The minimum atomic E-state index is 0. The Hall–Kier alpha value is -0.810. The molecule has 1 atom stereocenters. The Kier molecular flexibility index (Phi) is 8.04. The number of anilines is 1. The molecule has 2 rings (SSSR count). The highest BCUT2D eigenvalue weighted by molar-refractivity contribution is 6.30. The van der Waals surface area contributed by atoms with Gasteiger partial charge in [0.1, 0.15) is 0 Å². The van der Waals surface area contributed by atoms with E-state index in [0.29, 0.717) is 17.6 Å². The van der Waals surface area contributed by atoms with Gasteiger partial charge >= 0.3 is 0 Å². The zero-order valence-corrected chi connectivity index (χ0v) is 13.8. The van der Waals surface area contributed by atoms with Crippen molar-refractivity contribution in [2.45, 2.75) is 25.3 Å². The van der Waals surface area contributed by atoms with Gasteiger partial charge in [-0.25, -0.2) is 0 Å². The van der Waals surface area contributed by atoms with E-state index in [0.717, 1.165) is 31.6 Å². The SMILES string of the molecule is CN(CC(=O)Nc1cccc(Cl)c1)C1CCCNCC1.Cl. The van der Waals surface area contributed by atoms with Crippen LogP contribution >= 0.6 is 24.0 Å². The second kappa shape index (κ2) is 9.26. The van der Waals surface area contributed by atoms with Gasteiger partial charge in [-0.05, 0) is 57.6 Å². The first-order valence-corrected chi connectivity index (χ1v) is 7.49. The van der Waals surface area contributed by atoms with Crippen LogP contribution in [-0.2, 0) is 4.79 Å². The molecule has 0 spiro atoms. The first kappa shape index (κ1) is 18.2. The molecule has 1 aliphatic heterocycles. The topological polar surface area (TPSA) is 44.4 Å². The third-order valence-corrected chi connectivity index (χ3v) is 3.91. The van der Waals surface area contributed by atoms with E-state index in [-0.39, 0.29) is 18.3 Å². The summed E-state index contributed by atoms with van der Waals surface area (Å²) in [5, 5.41) is 6.91. The summed E-state index contributed by atoms with van der Waals surface area (Å²) in [7, 11) is 2.02. The summed E-state index contributed by atoms with van der Waals surface area (Å²) in [5.41, 5.74) is 0.749. The Morgan fingerprint density at radius 1 is 1.43 bits per heavy atom. The van der Waals surface area contributed by atoms with Crippen molar-refractivity contribution in [3.05, 3.63) is 29.3 Å². The van der Waals surface area contributed by atoms with Crippen LogP contribution in [-0.4, -0.2) is 43.5 Å². The molecule has 118 valence electrons. The lowest BCUT2D eigenvalue weighted by Crippen LogP contribution is -2.38. The lowest BCUT2D eigenvalue weighted by molar-refractivity contribution is -0.117. The Morgan fingerprint density at radius 3 is 3.00 bits per heavy atom.